The van der Waals surface area contributed by atoms with Crippen LogP contribution in [0.15, 0.2) is 24.3 Å². The molecule has 1 aliphatic rings. The first kappa shape index (κ1) is 14.5. The average Bonchev–Trinajstić information content (AvgIpc) is 2.90. The second-order valence-electron chi connectivity index (χ2n) is 5.76. The normalized spacial score (nSPS) is 22.5. The number of benzene rings is 1. The van der Waals surface area contributed by atoms with Gasteiger partial charge in [-0.3, -0.25) is 4.79 Å². The molecule has 0 aliphatic heterocycles. The van der Waals surface area contributed by atoms with Crippen LogP contribution in [0.4, 0.5) is 0 Å². The van der Waals surface area contributed by atoms with Crippen LogP contribution in [0.25, 0.3) is 10.2 Å². The molecule has 0 spiro atoms. The van der Waals surface area contributed by atoms with E-state index in [9.17, 15) is 4.79 Å². The summed E-state index contributed by atoms with van der Waals surface area (Å²) in [6, 6.07) is 8.20. The fourth-order valence-corrected chi connectivity index (χ4v) is 3.93. The predicted octanol–water partition coefficient (Wildman–Crippen LogP) is 3.28. The predicted molar refractivity (Wildman–Crippen MR) is 84.4 cm³/mol. The van der Waals surface area contributed by atoms with Crippen molar-refractivity contribution in [3.05, 3.63) is 29.3 Å². The molecular formula is C16H20N2O2S. The van der Waals surface area contributed by atoms with Crippen molar-refractivity contribution < 1.29 is 9.90 Å². The van der Waals surface area contributed by atoms with Gasteiger partial charge in [-0.2, -0.15) is 0 Å². The fraction of sp³-hybridized carbons (Fsp3) is 0.500. The molecule has 1 heterocycles. The monoisotopic (exact) mass is 304 g/mol. The first-order valence-corrected chi connectivity index (χ1v) is 8.32. The third-order valence-corrected chi connectivity index (χ3v) is 5.28. The molecule has 4 nitrogen and oxygen atoms in total. The second kappa shape index (κ2) is 6.54. The summed E-state index contributed by atoms with van der Waals surface area (Å²) in [5.74, 6) is -0.142. The maximum Gasteiger partial charge on any atom is 0.306 e. The zero-order chi connectivity index (χ0) is 14.7. The summed E-state index contributed by atoms with van der Waals surface area (Å²) in [4.78, 5) is 15.5. The summed E-state index contributed by atoms with van der Waals surface area (Å²) in [7, 11) is 0. The summed E-state index contributed by atoms with van der Waals surface area (Å²) in [6.45, 7) is 1.76. The molecule has 21 heavy (non-hydrogen) atoms. The van der Waals surface area contributed by atoms with Crippen LogP contribution >= 0.6 is 11.3 Å². The van der Waals surface area contributed by atoms with Crippen molar-refractivity contribution in [2.75, 3.05) is 6.54 Å². The Morgan fingerprint density at radius 1 is 1.29 bits per heavy atom. The number of carboxylic acids is 1. The largest absolute Gasteiger partial charge is 0.481 e. The van der Waals surface area contributed by atoms with E-state index in [1.165, 1.54) is 4.70 Å². The summed E-state index contributed by atoms with van der Waals surface area (Å²) in [5.41, 5.74) is 1.07. The second-order valence-corrected chi connectivity index (χ2v) is 6.88. The van der Waals surface area contributed by atoms with Crippen molar-refractivity contribution in [3.8, 4) is 0 Å². The Hall–Kier alpha value is -1.46. The highest BCUT2D eigenvalue weighted by molar-refractivity contribution is 7.18. The lowest BCUT2D eigenvalue weighted by molar-refractivity contribution is -0.143. The van der Waals surface area contributed by atoms with Gasteiger partial charge in [-0.25, -0.2) is 4.98 Å². The summed E-state index contributed by atoms with van der Waals surface area (Å²) < 4.78 is 1.23. The van der Waals surface area contributed by atoms with E-state index in [0.29, 0.717) is 5.92 Å². The highest BCUT2D eigenvalue weighted by atomic mass is 32.1. The van der Waals surface area contributed by atoms with Gasteiger partial charge in [0.25, 0.3) is 0 Å². The van der Waals surface area contributed by atoms with Crippen LogP contribution in [0.5, 0.6) is 0 Å². The van der Waals surface area contributed by atoms with E-state index >= 15 is 0 Å². The maximum absolute atomic E-state index is 10.9. The van der Waals surface area contributed by atoms with E-state index in [0.717, 1.165) is 49.3 Å². The van der Waals surface area contributed by atoms with Crippen molar-refractivity contribution in [2.45, 2.75) is 32.2 Å². The molecule has 0 amide bonds. The standard InChI is InChI=1S/C16H20N2O2S/c19-16(20)12-7-5-11(6-8-12)9-17-10-15-18-13-3-1-2-4-14(13)21-15/h1-4,11-12,17H,5-10H2,(H,19,20). The van der Waals surface area contributed by atoms with Crippen LogP contribution in [-0.2, 0) is 11.3 Å². The number of nitrogens with one attached hydrogen (secondary N) is 1. The lowest BCUT2D eigenvalue weighted by Crippen LogP contribution is -2.28. The van der Waals surface area contributed by atoms with Gasteiger partial charge in [-0.05, 0) is 50.3 Å². The third-order valence-electron chi connectivity index (χ3n) is 4.24. The molecule has 2 aromatic rings. The Labute approximate surface area is 128 Å². The minimum Gasteiger partial charge on any atom is -0.481 e. The summed E-state index contributed by atoms with van der Waals surface area (Å²) >= 11 is 1.74. The first-order valence-electron chi connectivity index (χ1n) is 7.50. The van der Waals surface area contributed by atoms with Gasteiger partial charge < -0.3 is 10.4 Å². The topological polar surface area (TPSA) is 62.2 Å². The molecule has 1 aromatic carbocycles. The van der Waals surface area contributed by atoms with Crippen LogP contribution in [-0.4, -0.2) is 22.6 Å². The van der Waals surface area contributed by atoms with Crippen LogP contribution < -0.4 is 5.32 Å². The molecule has 5 heteroatoms. The Bertz CT molecular complexity index is 585. The zero-order valence-corrected chi connectivity index (χ0v) is 12.7. The van der Waals surface area contributed by atoms with Crippen LogP contribution in [0.1, 0.15) is 30.7 Å². The highest BCUT2D eigenvalue weighted by Crippen LogP contribution is 2.28. The molecule has 3 rings (SSSR count). The molecule has 1 fully saturated rings. The number of hydrogen-bond acceptors (Lipinski definition) is 4. The number of carbonyl (C=O) groups is 1. The molecular weight excluding hydrogens is 284 g/mol. The Morgan fingerprint density at radius 2 is 2.05 bits per heavy atom. The maximum atomic E-state index is 10.9. The molecule has 1 aromatic heterocycles. The number of hydrogen-bond donors (Lipinski definition) is 2. The Kier molecular flexibility index (Phi) is 4.51. The van der Waals surface area contributed by atoms with Crippen molar-refractivity contribution in [1.82, 2.24) is 10.3 Å². The minimum atomic E-state index is -0.629. The van der Waals surface area contributed by atoms with E-state index < -0.39 is 5.97 Å². The quantitative estimate of drug-likeness (QED) is 0.890. The van der Waals surface area contributed by atoms with E-state index in [4.69, 9.17) is 5.11 Å². The van der Waals surface area contributed by atoms with Crippen molar-refractivity contribution in [1.29, 1.82) is 0 Å². The van der Waals surface area contributed by atoms with Crippen molar-refractivity contribution in [2.24, 2.45) is 11.8 Å². The van der Waals surface area contributed by atoms with E-state index in [1.807, 2.05) is 18.2 Å². The lowest BCUT2D eigenvalue weighted by atomic mass is 9.82. The molecule has 2 N–H and O–H groups in total. The summed E-state index contributed by atoms with van der Waals surface area (Å²) in [6.07, 6.45) is 3.68. The number of rotatable bonds is 5. The average molecular weight is 304 g/mol. The molecule has 1 saturated carbocycles. The molecule has 0 saturated heterocycles. The van der Waals surface area contributed by atoms with Crippen LogP contribution in [0.2, 0.25) is 0 Å². The van der Waals surface area contributed by atoms with Crippen molar-refractivity contribution >= 4 is 27.5 Å². The number of thiazole rings is 1. The van der Waals surface area contributed by atoms with E-state index in [1.54, 1.807) is 11.3 Å². The van der Waals surface area contributed by atoms with Crippen LogP contribution in [0.3, 0.4) is 0 Å². The van der Waals surface area contributed by atoms with Gasteiger partial charge in [0, 0.05) is 6.54 Å². The zero-order valence-electron chi connectivity index (χ0n) is 11.9. The number of fused-ring (bicyclic) bond motifs is 1. The molecule has 0 bridgehead atoms. The first-order chi connectivity index (χ1) is 10.2. The number of aromatic nitrogens is 1. The van der Waals surface area contributed by atoms with Gasteiger partial charge in [0.15, 0.2) is 0 Å². The molecule has 0 atom stereocenters. The van der Waals surface area contributed by atoms with Gasteiger partial charge in [0.2, 0.25) is 0 Å². The van der Waals surface area contributed by atoms with Gasteiger partial charge in [0.05, 0.1) is 16.1 Å². The van der Waals surface area contributed by atoms with Gasteiger partial charge in [-0.15, -0.1) is 11.3 Å². The number of nitrogens with zero attached hydrogens (tertiary/aromatic N) is 1. The lowest BCUT2D eigenvalue weighted by Gasteiger charge is -2.26. The minimum absolute atomic E-state index is 0.120. The fourth-order valence-electron chi connectivity index (χ4n) is 2.99. The smallest absolute Gasteiger partial charge is 0.306 e. The van der Waals surface area contributed by atoms with Gasteiger partial charge in [-0.1, -0.05) is 12.1 Å². The SMILES string of the molecule is O=C(O)C1CCC(CNCc2nc3ccccc3s2)CC1. The molecule has 0 radical (unpaired) electrons. The Morgan fingerprint density at radius 3 is 2.76 bits per heavy atom. The van der Waals surface area contributed by atoms with Crippen LogP contribution in [0, 0.1) is 11.8 Å². The molecule has 0 unspecified atom stereocenters. The van der Waals surface area contributed by atoms with E-state index in [-0.39, 0.29) is 5.92 Å². The van der Waals surface area contributed by atoms with Gasteiger partial charge >= 0.3 is 5.97 Å². The number of carboxylic acid groups (broad SMARTS) is 1. The summed E-state index contributed by atoms with van der Waals surface area (Å²) in [5, 5.41) is 13.6. The molecule has 1 aliphatic carbocycles. The third kappa shape index (κ3) is 3.60. The highest BCUT2D eigenvalue weighted by Gasteiger charge is 2.25. The number of aliphatic carboxylic acids is 1. The van der Waals surface area contributed by atoms with Crippen molar-refractivity contribution in [3.63, 3.8) is 0 Å². The van der Waals surface area contributed by atoms with Gasteiger partial charge in [0.1, 0.15) is 5.01 Å². The Balaban J connectivity index is 1.45. The molecule has 112 valence electrons. The van der Waals surface area contributed by atoms with E-state index in [2.05, 4.69) is 16.4 Å². The number of para-hydroxylation sites is 1.